The van der Waals surface area contributed by atoms with Crippen LogP contribution in [0.3, 0.4) is 0 Å². The molecule has 0 fully saturated rings. The summed E-state index contributed by atoms with van der Waals surface area (Å²) in [4.78, 5) is 14.0. The van der Waals surface area contributed by atoms with Gasteiger partial charge >= 0.3 is 0 Å². The molecule has 1 aromatic heterocycles. The predicted molar refractivity (Wildman–Crippen MR) is 99.6 cm³/mol. The van der Waals surface area contributed by atoms with Crippen molar-refractivity contribution in [2.24, 2.45) is 0 Å². The van der Waals surface area contributed by atoms with E-state index in [1.165, 1.54) is 6.07 Å². The average molecular weight is 405 g/mol. The quantitative estimate of drug-likeness (QED) is 0.701. The molecule has 0 aliphatic carbocycles. The summed E-state index contributed by atoms with van der Waals surface area (Å²) < 4.78 is 12.4. The van der Waals surface area contributed by atoms with E-state index in [-0.39, 0.29) is 16.9 Å². The van der Waals surface area contributed by atoms with E-state index < -0.39 is 0 Å². The second kappa shape index (κ2) is 6.90. The van der Waals surface area contributed by atoms with Crippen molar-refractivity contribution in [2.45, 2.75) is 13.5 Å². The number of halogens is 1. The van der Waals surface area contributed by atoms with Crippen LogP contribution in [0.1, 0.15) is 11.3 Å². The molecule has 3 aromatic rings. The summed E-state index contributed by atoms with van der Waals surface area (Å²) in [6, 6.07) is 10.4. The number of ether oxygens (including phenoxy) is 1. The maximum Gasteiger partial charge on any atom is 0.235 e. The minimum atomic E-state index is -0.260. The lowest BCUT2D eigenvalue weighted by Gasteiger charge is -2.13. The minimum Gasteiger partial charge on any atom is -0.507 e. The van der Waals surface area contributed by atoms with E-state index in [0.717, 1.165) is 9.37 Å². The van der Waals surface area contributed by atoms with Gasteiger partial charge in [-0.1, -0.05) is 12.1 Å². The fraction of sp³-hybridized carbons (Fsp3) is 0.211. The highest BCUT2D eigenvalue weighted by Gasteiger charge is 2.20. The third kappa shape index (κ3) is 3.41. The summed E-state index contributed by atoms with van der Waals surface area (Å²) in [5.41, 5.74) is 0.762. The van der Waals surface area contributed by atoms with Gasteiger partial charge in [0.1, 0.15) is 23.8 Å². The van der Waals surface area contributed by atoms with Crippen LogP contribution in [-0.2, 0) is 6.54 Å². The molecule has 2 aromatic carbocycles. The van der Waals surface area contributed by atoms with E-state index in [2.05, 4.69) is 15.9 Å². The van der Waals surface area contributed by atoms with Crippen molar-refractivity contribution in [1.82, 2.24) is 0 Å². The Hall–Kier alpha value is -2.31. The lowest BCUT2D eigenvalue weighted by atomic mass is 10.1. The summed E-state index contributed by atoms with van der Waals surface area (Å²) in [7, 11) is 3.93. The predicted octanol–water partition coefficient (Wildman–Crippen LogP) is 3.01. The number of para-hydroxylation sites is 1. The van der Waals surface area contributed by atoms with Gasteiger partial charge in [0.2, 0.25) is 11.2 Å². The molecule has 0 bridgehead atoms. The van der Waals surface area contributed by atoms with Crippen molar-refractivity contribution in [3.05, 3.63) is 62.4 Å². The number of fused-ring (bicyclic) bond motifs is 1. The number of rotatable bonds is 4. The van der Waals surface area contributed by atoms with E-state index in [4.69, 9.17) is 9.15 Å². The fourth-order valence-corrected chi connectivity index (χ4v) is 3.04. The molecular weight excluding hydrogens is 386 g/mol. The first-order valence-corrected chi connectivity index (χ1v) is 8.67. The number of quaternary nitrogens is 1. The maximum atomic E-state index is 12.9. The molecule has 6 heteroatoms. The largest absolute Gasteiger partial charge is 0.507 e. The molecule has 25 heavy (non-hydrogen) atoms. The molecule has 0 unspecified atom stereocenters. The molecule has 0 saturated carbocycles. The SMILES string of the molecule is Cc1oc2c(C[NH+](C)C)c(O)ccc2c(=O)c1Oc1ccccc1Br. The van der Waals surface area contributed by atoms with Crippen LogP contribution in [0.4, 0.5) is 0 Å². The number of benzene rings is 2. The fourth-order valence-electron chi connectivity index (χ4n) is 2.67. The van der Waals surface area contributed by atoms with Crippen LogP contribution in [0.2, 0.25) is 0 Å². The first-order valence-electron chi connectivity index (χ1n) is 7.88. The summed E-state index contributed by atoms with van der Waals surface area (Å²) in [6.07, 6.45) is 0. The second-order valence-corrected chi connectivity index (χ2v) is 7.03. The smallest absolute Gasteiger partial charge is 0.235 e. The molecule has 0 aliphatic heterocycles. The zero-order valence-corrected chi connectivity index (χ0v) is 15.8. The van der Waals surface area contributed by atoms with E-state index in [1.54, 1.807) is 19.1 Å². The maximum absolute atomic E-state index is 12.9. The molecule has 5 nitrogen and oxygen atoms in total. The molecule has 130 valence electrons. The van der Waals surface area contributed by atoms with Crippen LogP contribution in [-0.4, -0.2) is 19.2 Å². The Kier molecular flexibility index (Phi) is 4.83. The Morgan fingerprint density at radius 3 is 2.60 bits per heavy atom. The number of hydrogen-bond acceptors (Lipinski definition) is 4. The normalized spacial score (nSPS) is 11.2. The number of aromatic hydroxyl groups is 1. The van der Waals surface area contributed by atoms with E-state index >= 15 is 0 Å². The van der Waals surface area contributed by atoms with Crippen molar-refractivity contribution >= 4 is 26.9 Å². The van der Waals surface area contributed by atoms with Gasteiger partial charge < -0.3 is 19.2 Å². The zero-order chi connectivity index (χ0) is 18.1. The Morgan fingerprint density at radius 2 is 1.92 bits per heavy atom. The van der Waals surface area contributed by atoms with Gasteiger partial charge in [-0.05, 0) is 47.1 Å². The molecule has 0 atom stereocenters. The van der Waals surface area contributed by atoms with Crippen LogP contribution >= 0.6 is 15.9 Å². The molecule has 0 saturated heterocycles. The van der Waals surface area contributed by atoms with Crippen molar-refractivity contribution in [2.75, 3.05) is 14.1 Å². The van der Waals surface area contributed by atoms with E-state index in [0.29, 0.717) is 34.6 Å². The molecule has 0 radical (unpaired) electrons. The van der Waals surface area contributed by atoms with Gasteiger partial charge in [-0.15, -0.1) is 0 Å². The highest BCUT2D eigenvalue weighted by atomic mass is 79.9. The van der Waals surface area contributed by atoms with Crippen LogP contribution < -0.4 is 15.1 Å². The number of nitrogens with one attached hydrogen (secondary N) is 1. The molecule has 0 amide bonds. The third-order valence-electron chi connectivity index (χ3n) is 3.84. The zero-order valence-electron chi connectivity index (χ0n) is 14.2. The lowest BCUT2D eigenvalue weighted by molar-refractivity contribution is -0.872. The second-order valence-electron chi connectivity index (χ2n) is 6.17. The van der Waals surface area contributed by atoms with Crippen molar-refractivity contribution in [3.63, 3.8) is 0 Å². The van der Waals surface area contributed by atoms with Crippen molar-refractivity contribution in [1.29, 1.82) is 0 Å². The summed E-state index contributed by atoms with van der Waals surface area (Å²) in [5, 5.41) is 10.6. The monoisotopic (exact) mass is 404 g/mol. The average Bonchev–Trinajstić information content (AvgIpc) is 2.55. The molecule has 0 spiro atoms. The number of phenolic OH excluding ortho intramolecular Hbond substituents is 1. The van der Waals surface area contributed by atoms with Gasteiger partial charge in [-0.25, -0.2) is 0 Å². The first-order chi connectivity index (χ1) is 11.9. The molecule has 0 aliphatic rings. The highest BCUT2D eigenvalue weighted by molar-refractivity contribution is 9.10. The topological polar surface area (TPSA) is 64.1 Å². The van der Waals surface area contributed by atoms with Crippen LogP contribution in [0.25, 0.3) is 11.0 Å². The molecule has 1 heterocycles. The van der Waals surface area contributed by atoms with Gasteiger partial charge in [-0.2, -0.15) is 0 Å². The Balaban J connectivity index is 2.19. The number of phenols is 1. The van der Waals surface area contributed by atoms with E-state index in [9.17, 15) is 9.90 Å². The summed E-state index contributed by atoms with van der Waals surface area (Å²) >= 11 is 3.41. The van der Waals surface area contributed by atoms with Crippen LogP contribution in [0.5, 0.6) is 17.2 Å². The van der Waals surface area contributed by atoms with Crippen LogP contribution in [0.15, 0.2) is 50.1 Å². The summed E-state index contributed by atoms with van der Waals surface area (Å²) in [5.74, 6) is 1.17. The highest BCUT2D eigenvalue weighted by Crippen LogP contribution is 2.32. The van der Waals surface area contributed by atoms with Gasteiger partial charge in [0.05, 0.1) is 29.5 Å². The van der Waals surface area contributed by atoms with Crippen molar-refractivity contribution in [3.8, 4) is 17.2 Å². The number of hydrogen-bond donors (Lipinski definition) is 2. The molecular formula is C19H19BrNO4+. The van der Waals surface area contributed by atoms with Gasteiger partial charge in [0.25, 0.3) is 0 Å². The van der Waals surface area contributed by atoms with Crippen LogP contribution in [0, 0.1) is 6.92 Å². The van der Waals surface area contributed by atoms with Gasteiger partial charge in [0, 0.05) is 0 Å². The molecule has 3 rings (SSSR count). The van der Waals surface area contributed by atoms with E-state index in [1.807, 2.05) is 32.3 Å². The molecule has 2 N–H and O–H groups in total. The Labute approximate surface area is 153 Å². The standard InChI is InChI=1S/C19H18BrNO4/c1-11-18(25-16-7-5-4-6-14(16)20)17(23)12-8-9-15(22)13(10-21(2)3)19(12)24-11/h4-9,22H,10H2,1-3H3/p+1. The summed E-state index contributed by atoms with van der Waals surface area (Å²) in [6.45, 7) is 2.22. The number of aryl methyl sites for hydroxylation is 1. The third-order valence-corrected chi connectivity index (χ3v) is 4.50. The lowest BCUT2D eigenvalue weighted by Crippen LogP contribution is -3.04. The van der Waals surface area contributed by atoms with Gasteiger partial charge in [0.15, 0.2) is 5.58 Å². The first kappa shape index (κ1) is 17.5. The minimum absolute atomic E-state index is 0.121. The Morgan fingerprint density at radius 1 is 1.20 bits per heavy atom. The Bertz CT molecular complexity index is 995. The van der Waals surface area contributed by atoms with Crippen molar-refractivity contribution < 1.29 is 19.2 Å². The van der Waals surface area contributed by atoms with Gasteiger partial charge in [-0.3, -0.25) is 4.79 Å².